The topological polar surface area (TPSA) is 124 Å². The van der Waals surface area contributed by atoms with Crippen molar-refractivity contribution < 1.29 is 24.2 Å². The van der Waals surface area contributed by atoms with Crippen molar-refractivity contribution in [2.24, 2.45) is 0 Å². The van der Waals surface area contributed by atoms with Gasteiger partial charge >= 0.3 is 0 Å². The molecule has 10 heteroatoms. The Morgan fingerprint density at radius 1 is 1.21 bits per heavy atom. The molecule has 2 heterocycles. The van der Waals surface area contributed by atoms with Gasteiger partial charge in [0.1, 0.15) is 5.01 Å². The van der Waals surface area contributed by atoms with Crippen molar-refractivity contribution in [1.29, 1.82) is 0 Å². The molecule has 0 saturated carbocycles. The maximum atomic E-state index is 12.1. The molecule has 1 amide bonds. The van der Waals surface area contributed by atoms with Gasteiger partial charge in [-0.1, -0.05) is 17.4 Å². The zero-order valence-corrected chi connectivity index (χ0v) is 16.0. The predicted octanol–water partition coefficient (Wildman–Crippen LogP) is 2.49. The Morgan fingerprint density at radius 2 is 1.96 bits per heavy atom. The van der Waals surface area contributed by atoms with Crippen LogP contribution in [0.1, 0.15) is 20.9 Å². The number of benzene rings is 1. The summed E-state index contributed by atoms with van der Waals surface area (Å²) in [7, 11) is 3.19. The molecule has 3 aromatic rings. The number of pyridine rings is 1. The molecule has 0 saturated heterocycles. The standard InChI is InChI=1S/C17H16N4O3S.CH2O2/c1-23-13-6-5-11(8-14(13)24-2)9-15-20-21-17(25-15)19-16(22)12-4-3-7-18-10-12;2-1-3/h3-8,10H,9H2,1-2H3,(H,19,21,22);1H,(H,2,3). The molecule has 0 radical (unpaired) electrons. The van der Waals surface area contributed by atoms with E-state index < -0.39 is 0 Å². The molecular formula is C18H18N4O5S. The first-order valence-corrected chi connectivity index (χ1v) is 8.75. The quantitative estimate of drug-likeness (QED) is 0.603. The fraction of sp³-hybridized carbons (Fsp3) is 0.167. The van der Waals surface area contributed by atoms with Crippen LogP contribution in [0.2, 0.25) is 0 Å². The summed E-state index contributed by atoms with van der Waals surface area (Å²) in [5, 5.41) is 19.0. The van der Waals surface area contributed by atoms with Crippen LogP contribution in [0.3, 0.4) is 0 Å². The second kappa shape index (κ2) is 10.6. The molecule has 0 atom stereocenters. The number of amides is 1. The molecule has 0 aliphatic heterocycles. The van der Waals surface area contributed by atoms with Crippen molar-refractivity contribution in [1.82, 2.24) is 15.2 Å². The van der Waals surface area contributed by atoms with Crippen molar-refractivity contribution in [3.8, 4) is 11.5 Å². The summed E-state index contributed by atoms with van der Waals surface area (Å²) < 4.78 is 10.5. The number of nitrogens with zero attached hydrogens (tertiary/aromatic N) is 3. The van der Waals surface area contributed by atoms with Gasteiger partial charge in [0.05, 0.1) is 19.8 Å². The molecule has 2 aromatic heterocycles. The van der Waals surface area contributed by atoms with E-state index in [0.29, 0.717) is 28.6 Å². The zero-order valence-electron chi connectivity index (χ0n) is 15.2. The molecule has 0 fully saturated rings. The maximum absolute atomic E-state index is 12.1. The molecule has 0 unspecified atom stereocenters. The van der Waals surface area contributed by atoms with E-state index in [9.17, 15) is 4.79 Å². The van der Waals surface area contributed by atoms with E-state index in [1.54, 1.807) is 32.5 Å². The smallest absolute Gasteiger partial charge is 0.290 e. The number of carboxylic acid groups (broad SMARTS) is 1. The Hall–Kier alpha value is -3.53. The molecule has 146 valence electrons. The van der Waals surface area contributed by atoms with Gasteiger partial charge in [-0.3, -0.25) is 19.9 Å². The van der Waals surface area contributed by atoms with Crippen molar-refractivity contribution in [3.63, 3.8) is 0 Å². The summed E-state index contributed by atoms with van der Waals surface area (Å²) in [5.74, 6) is 1.07. The lowest BCUT2D eigenvalue weighted by atomic mass is 10.1. The average Bonchev–Trinajstić information content (AvgIpc) is 3.15. The van der Waals surface area contributed by atoms with E-state index in [-0.39, 0.29) is 12.4 Å². The van der Waals surface area contributed by atoms with Crippen molar-refractivity contribution in [2.45, 2.75) is 6.42 Å². The molecule has 0 aliphatic carbocycles. The number of carbonyl (C=O) groups is 2. The molecule has 0 spiro atoms. The number of rotatable bonds is 6. The first-order chi connectivity index (χ1) is 13.6. The molecular weight excluding hydrogens is 384 g/mol. The van der Waals surface area contributed by atoms with E-state index in [4.69, 9.17) is 19.4 Å². The lowest BCUT2D eigenvalue weighted by Gasteiger charge is -2.08. The minimum absolute atomic E-state index is 0.250. The van der Waals surface area contributed by atoms with Crippen LogP contribution in [-0.4, -0.2) is 46.9 Å². The van der Waals surface area contributed by atoms with Crippen LogP contribution < -0.4 is 14.8 Å². The summed E-state index contributed by atoms with van der Waals surface area (Å²) in [6, 6.07) is 9.08. The highest BCUT2D eigenvalue weighted by Gasteiger charge is 2.12. The van der Waals surface area contributed by atoms with Gasteiger partial charge in [-0.15, -0.1) is 10.2 Å². The number of nitrogens with one attached hydrogen (secondary N) is 1. The maximum Gasteiger partial charge on any atom is 0.290 e. The number of carbonyl (C=O) groups excluding carboxylic acids is 1. The van der Waals surface area contributed by atoms with Crippen LogP contribution >= 0.6 is 11.3 Å². The minimum atomic E-state index is -0.262. The second-order valence-corrected chi connectivity index (χ2v) is 6.23. The van der Waals surface area contributed by atoms with Gasteiger partial charge in [-0.05, 0) is 29.8 Å². The highest BCUT2D eigenvalue weighted by Crippen LogP contribution is 2.29. The summed E-state index contributed by atoms with van der Waals surface area (Å²) in [4.78, 5) is 24.4. The van der Waals surface area contributed by atoms with E-state index in [0.717, 1.165) is 10.6 Å². The zero-order chi connectivity index (χ0) is 20.4. The van der Waals surface area contributed by atoms with Crippen LogP contribution in [-0.2, 0) is 11.2 Å². The molecule has 0 bridgehead atoms. The molecule has 1 aromatic carbocycles. The number of hydrogen-bond acceptors (Lipinski definition) is 8. The normalized spacial score (nSPS) is 9.64. The third-order valence-electron chi connectivity index (χ3n) is 3.41. The van der Waals surface area contributed by atoms with Gasteiger partial charge in [0.15, 0.2) is 11.5 Å². The van der Waals surface area contributed by atoms with Gasteiger partial charge in [-0.25, -0.2) is 0 Å². The van der Waals surface area contributed by atoms with E-state index in [2.05, 4.69) is 20.5 Å². The number of hydrogen-bond donors (Lipinski definition) is 2. The van der Waals surface area contributed by atoms with Crippen LogP contribution in [0.4, 0.5) is 5.13 Å². The Kier molecular flexibility index (Phi) is 7.85. The number of ether oxygens (including phenoxy) is 2. The molecule has 3 rings (SSSR count). The number of anilines is 1. The minimum Gasteiger partial charge on any atom is -0.493 e. The second-order valence-electron chi connectivity index (χ2n) is 5.17. The molecule has 0 aliphatic rings. The van der Waals surface area contributed by atoms with Crippen molar-refractivity contribution in [2.75, 3.05) is 19.5 Å². The van der Waals surface area contributed by atoms with E-state index >= 15 is 0 Å². The fourth-order valence-electron chi connectivity index (χ4n) is 2.21. The van der Waals surface area contributed by atoms with E-state index in [1.807, 2.05) is 18.2 Å². The van der Waals surface area contributed by atoms with Gasteiger partial charge in [-0.2, -0.15) is 0 Å². The lowest BCUT2D eigenvalue weighted by Crippen LogP contribution is -2.11. The van der Waals surface area contributed by atoms with E-state index in [1.165, 1.54) is 17.5 Å². The van der Waals surface area contributed by atoms with Crippen LogP contribution in [0.5, 0.6) is 11.5 Å². The van der Waals surface area contributed by atoms with Gasteiger partial charge < -0.3 is 14.6 Å². The first-order valence-electron chi connectivity index (χ1n) is 7.93. The Bertz CT molecular complexity index is 917. The molecule has 9 nitrogen and oxygen atoms in total. The number of aromatic nitrogens is 3. The third-order valence-corrected chi connectivity index (χ3v) is 4.25. The Labute approximate surface area is 165 Å². The third kappa shape index (κ3) is 5.74. The SMILES string of the molecule is COc1ccc(Cc2nnc(NC(=O)c3cccnc3)s2)cc1OC.O=CO. The monoisotopic (exact) mass is 402 g/mol. The Morgan fingerprint density at radius 3 is 2.61 bits per heavy atom. The first kappa shape index (κ1) is 20.8. The lowest BCUT2D eigenvalue weighted by molar-refractivity contribution is -0.122. The highest BCUT2D eigenvalue weighted by molar-refractivity contribution is 7.15. The summed E-state index contributed by atoms with van der Waals surface area (Å²) in [5.41, 5.74) is 1.48. The van der Waals surface area contributed by atoms with Crippen LogP contribution in [0.15, 0.2) is 42.7 Å². The highest BCUT2D eigenvalue weighted by atomic mass is 32.1. The predicted molar refractivity (Wildman–Crippen MR) is 103 cm³/mol. The summed E-state index contributed by atoms with van der Waals surface area (Å²) in [6.07, 6.45) is 3.70. The van der Waals surface area contributed by atoms with Gasteiger partial charge in [0.25, 0.3) is 12.4 Å². The van der Waals surface area contributed by atoms with Crippen molar-refractivity contribution in [3.05, 3.63) is 58.9 Å². The number of methoxy groups -OCH3 is 2. The Balaban J connectivity index is 0.000000878. The molecule has 2 N–H and O–H groups in total. The van der Waals surface area contributed by atoms with Crippen molar-refractivity contribution >= 4 is 28.8 Å². The van der Waals surface area contributed by atoms with Crippen LogP contribution in [0, 0.1) is 0 Å². The average molecular weight is 402 g/mol. The fourth-order valence-corrected chi connectivity index (χ4v) is 2.98. The van der Waals surface area contributed by atoms with Gasteiger partial charge in [0.2, 0.25) is 5.13 Å². The summed E-state index contributed by atoms with van der Waals surface area (Å²) in [6.45, 7) is -0.250. The van der Waals surface area contributed by atoms with Crippen LogP contribution in [0.25, 0.3) is 0 Å². The van der Waals surface area contributed by atoms with Gasteiger partial charge in [0, 0.05) is 18.8 Å². The summed E-state index contributed by atoms with van der Waals surface area (Å²) >= 11 is 1.33. The largest absolute Gasteiger partial charge is 0.493 e. The molecule has 28 heavy (non-hydrogen) atoms.